The second kappa shape index (κ2) is 9.67. The molecule has 2 aromatic carbocycles. The minimum absolute atomic E-state index is 0.262. The molecule has 25 heavy (non-hydrogen) atoms. The summed E-state index contributed by atoms with van der Waals surface area (Å²) < 4.78 is 12.3. The molecule has 0 amide bonds. The van der Waals surface area contributed by atoms with Gasteiger partial charge in [0.05, 0.1) is 11.6 Å². The van der Waals surface area contributed by atoms with Gasteiger partial charge in [0.15, 0.2) is 11.5 Å². The molecule has 0 fully saturated rings. The average molecular weight is 447 g/mol. The van der Waals surface area contributed by atoms with E-state index in [1.54, 1.807) is 19.2 Å². The largest absolute Gasteiger partial charge is 0.493 e. The van der Waals surface area contributed by atoms with E-state index in [4.69, 9.17) is 32.7 Å². The Bertz CT molecular complexity index is 703. The van der Waals surface area contributed by atoms with Crippen LogP contribution in [-0.2, 0) is 13.2 Å². The Morgan fingerprint density at radius 3 is 2.44 bits per heavy atom. The fourth-order valence-electron chi connectivity index (χ4n) is 2.34. The van der Waals surface area contributed by atoms with Crippen molar-refractivity contribution in [2.45, 2.75) is 27.0 Å². The van der Waals surface area contributed by atoms with Gasteiger partial charge in [0.25, 0.3) is 0 Å². The zero-order chi connectivity index (χ0) is 18.4. The van der Waals surface area contributed by atoms with Crippen molar-refractivity contribution in [1.29, 1.82) is 0 Å². The maximum atomic E-state index is 6.20. The Kier molecular flexibility index (Phi) is 7.88. The van der Waals surface area contributed by atoms with Gasteiger partial charge < -0.3 is 14.8 Å². The predicted molar refractivity (Wildman–Crippen MR) is 108 cm³/mol. The van der Waals surface area contributed by atoms with E-state index in [-0.39, 0.29) is 6.61 Å². The molecular formula is C19H22BrCl2NO2. The molecule has 0 radical (unpaired) electrons. The van der Waals surface area contributed by atoms with Gasteiger partial charge in [0.1, 0.15) is 6.61 Å². The van der Waals surface area contributed by atoms with E-state index < -0.39 is 0 Å². The molecule has 0 aliphatic heterocycles. The van der Waals surface area contributed by atoms with E-state index >= 15 is 0 Å². The summed E-state index contributed by atoms with van der Waals surface area (Å²) in [6.07, 6.45) is 0. The van der Waals surface area contributed by atoms with Crippen molar-refractivity contribution in [3.8, 4) is 11.5 Å². The lowest BCUT2D eigenvalue weighted by Crippen LogP contribution is -2.19. The number of nitrogens with one attached hydrogen (secondary N) is 1. The number of rotatable bonds is 8. The predicted octanol–water partition coefficient (Wildman–Crippen LogP) is 6.09. The molecule has 0 aromatic heterocycles. The summed E-state index contributed by atoms with van der Waals surface area (Å²) in [7, 11) is 1.63. The average Bonchev–Trinajstić information content (AvgIpc) is 2.55. The summed E-state index contributed by atoms with van der Waals surface area (Å²) in [4.78, 5) is 0. The second-order valence-corrected chi connectivity index (χ2v) is 7.79. The number of benzene rings is 2. The van der Waals surface area contributed by atoms with Gasteiger partial charge in [-0.2, -0.15) is 0 Å². The van der Waals surface area contributed by atoms with Crippen LogP contribution in [0.25, 0.3) is 0 Å². The molecule has 0 aliphatic rings. The van der Waals surface area contributed by atoms with E-state index in [0.29, 0.717) is 27.5 Å². The van der Waals surface area contributed by atoms with Gasteiger partial charge in [0, 0.05) is 22.2 Å². The smallest absolute Gasteiger partial charge is 0.175 e. The van der Waals surface area contributed by atoms with Gasteiger partial charge in [-0.15, -0.1) is 0 Å². The maximum Gasteiger partial charge on any atom is 0.175 e. The van der Waals surface area contributed by atoms with Crippen LogP contribution in [0.2, 0.25) is 10.0 Å². The van der Waals surface area contributed by atoms with Gasteiger partial charge in [-0.1, -0.05) is 43.1 Å². The van der Waals surface area contributed by atoms with Gasteiger partial charge in [-0.25, -0.2) is 0 Å². The summed E-state index contributed by atoms with van der Waals surface area (Å²) >= 11 is 16.0. The van der Waals surface area contributed by atoms with Crippen molar-refractivity contribution in [3.63, 3.8) is 0 Å². The van der Waals surface area contributed by atoms with E-state index in [0.717, 1.165) is 28.7 Å². The van der Waals surface area contributed by atoms with Crippen LogP contribution in [0.1, 0.15) is 25.0 Å². The van der Waals surface area contributed by atoms with Crippen molar-refractivity contribution in [2.75, 3.05) is 13.7 Å². The summed E-state index contributed by atoms with van der Waals surface area (Å²) in [5, 5.41) is 4.58. The van der Waals surface area contributed by atoms with Crippen molar-refractivity contribution in [2.24, 2.45) is 5.92 Å². The number of methoxy groups -OCH3 is 1. The topological polar surface area (TPSA) is 30.5 Å². The number of halogens is 3. The molecule has 0 bridgehead atoms. The molecule has 6 heteroatoms. The van der Waals surface area contributed by atoms with Gasteiger partial charge in [0.2, 0.25) is 0 Å². The summed E-state index contributed by atoms with van der Waals surface area (Å²) in [5.74, 6) is 1.90. The summed E-state index contributed by atoms with van der Waals surface area (Å²) in [6, 6.07) is 9.40. The van der Waals surface area contributed by atoms with Crippen molar-refractivity contribution in [1.82, 2.24) is 5.32 Å². The van der Waals surface area contributed by atoms with Crippen molar-refractivity contribution < 1.29 is 9.47 Å². The minimum atomic E-state index is 0.262. The highest BCUT2D eigenvalue weighted by atomic mass is 79.9. The van der Waals surface area contributed by atoms with Crippen LogP contribution >= 0.6 is 39.1 Å². The van der Waals surface area contributed by atoms with Crippen LogP contribution in [0, 0.1) is 5.92 Å². The fourth-order valence-corrected chi connectivity index (χ4v) is 3.45. The summed E-state index contributed by atoms with van der Waals surface area (Å²) in [6.45, 7) is 6.35. The Morgan fingerprint density at radius 2 is 1.84 bits per heavy atom. The molecule has 1 N–H and O–H groups in total. The first-order chi connectivity index (χ1) is 11.9. The normalized spacial score (nSPS) is 11.0. The van der Waals surface area contributed by atoms with E-state index in [2.05, 4.69) is 35.1 Å². The Balaban J connectivity index is 2.15. The quantitative estimate of drug-likeness (QED) is 0.532. The van der Waals surface area contributed by atoms with Gasteiger partial charge >= 0.3 is 0 Å². The first kappa shape index (κ1) is 20.4. The number of hydrogen-bond acceptors (Lipinski definition) is 3. The van der Waals surface area contributed by atoms with Crippen LogP contribution in [0.4, 0.5) is 0 Å². The fraction of sp³-hybridized carbons (Fsp3) is 0.368. The molecule has 136 valence electrons. The molecule has 0 saturated heterocycles. The van der Waals surface area contributed by atoms with Crippen LogP contribution in [0.3, 0.4) is 0 Å². The Morgan fingerprint density at radius 1 is 1.16 bits per heavy atom. The first-order valence-electron chi connectivity index (χ1n) is 8.05. The zero-order valence-corrected chi connectivity index (χ0v) is 17.6. The molecule has 0 aliphatic carbocycles. The highest BCUT2D eigenvalue weighted by Gasteiger charge is 2.14. The number of ether oxygens (including phenoxy) is 2. The van der Waals surface area contributed by atoms with Crippen LogP contribution in [-0.4, -0.2) is 13.7 Å². The zero-order valence-electron chi connectivity index (χ0n) is 14.5. The second-order valence-electron chi connectivity index (χ2n) is 6.12. The Hall–Kier alpha value is -0.940. The molecular weight excluding hydrogens is 425 g/mol. The highest BCUT2D eigenvalue weighted by Crippen LogP contribution is 2.38. The molecule has 0 saturated carbocycles. The van der Waals surface area contributed by atoms with E-state index in [9.17, 15) is 0 Å². The number of hydrogen-bond donors (Lipinski definition) is 1. The minimum Gasteiger partial charge on any atom is -0.493 e. The third kappa shape index (κ3) is 5.78. The summed E-state index contributed by atoms with van der Waals surface area (Å²) in [5.41, 5.74) is 1.87. The third-order valence-corrected chi connectivity index (χ3v) is 4.89. The molecule has 2 rings (SSSR count). The van der Waals surface area contributed by atoms with Crippen molar-refractivity contribution in [3.05, 3.63) is 56.0 Å². The van der Waals surface area contributed by atoms with Crippen LogP contribution < -0.4 is 14.8 Å². The maximum absolute atomic E-state index is 6.20. The van der Waals surface area contributed by atoms with Crippen LogP contribution in [0.15, 0.2) is 34.8 Å². The molecule has 0 atom stereocenters. The highest BCUT2D eigenvalue weighted by molar-refractivity contribution is 9.10. The molecule has 3 nitrogen and oxygen atoms in total. The van der Waals surface area contributed by atoms with Gasteiger partial charge in [-0.05, 0) is 58.2 Å². The van der Waals surface area contributed by atoms with E-state index in [1.807, 2.05) is 18.2 Å². The molecule has 2 aromatic rings. The SMILES string of the molecule is COc1cc(CNCC(C)C)cc(Br)c1OCc1c(Cl)cccc1Cl. The van der Waals surface area contributed by atoms with Crippen molar-refractivity contribution >= 4 is 39.1 Å². The molecule has 0 heterocycles. The van der Waals surface area contributed by atoms with Crippen LogP contribution in [0.5, 0.6) is 11.5 Å². The lowest BCUT2D eigenvalue weighted by Gasteiger charge is -2.16. The lowest BCUT2D eigenvalue weighted by molar-refractivity contribution is 0.282. The van der Waals surface area contributed by atoms with E-state index in [1.165, 1.54) is 0 Å². The monoisotopic (exact) mass is 445 g/mol. The Labute approximate surface area is 167 Å². The first-order valence-corrected chi connectivity index (χ1v) is 9.60. The standard InChI is InChI=1S/C19H22BrCl2NO2/c1-12(2)9-23-10-13-7-15(20)19(18(8-13)24-3)25-11-14-16(21)5-4-6-17(14)22/h4-8,12,23H,9-11H2,1-3H3. The molecule has 0 spiro atoms. The lowest BCUT2D eigenvalue weighted by atomic mass is 10.1. The third-order valence-electron chi connectivity index (χ3n) is 3.59. The van der Waals surface area contributed by atoms with Gasteiger partial charge in [-0.3, -0.25) is 0 Å². The molecule has 0 unspecified atom stereocenters.